The molecule has 10 heteroatoms. The van der Waals surface area contributed by atoms with Gasteiger partial charge in [-0.3, -0.25) is 14.2 Å². The maximum Gasteiger partial charge on any atom is 0.435 e. The topological polar surface area (TPSA) is 64.7 Å². The van der Waals surface area contributed by atoms with Crippen molar-refractivity contribution in [3.63, 3.8) is 0 Å². The van der Waals surface area contributed by atoms with Crippen molar-refractivity contribution in [2.24, 2.45) is 5.92 Å². The molecule has 0 saturated heterocycles. The zero-order valence-electron chi connectivity index (χ0n) is 18.6. The SMILES string of the molecule is Cc1nn(Cc2ccc(Cl)cc2)c(C)c1NC(=O)C(C)Cn1nc(C(F)(F)F)cc1C1CC1. The van der Waals surface area contributed by atoms with Crippen LogP contribution in [0.2, 0.25) is 5.02 Å². The molecule has 176 valence electrons. The average molecular weight is 480 g/mol. The molecule has 1 aromatic carbocycles. The lowest BCUT2D eigenvalue weighted by molar-refractivity contribution is -0.141. The first-order chi connectivity index (χ1) is 15.5. The van der Waals surface area contributed by atoms with E-state index in [0.29, 0.717) is 28.6 Å². The van der Waals surface area contributed by atoms with E-state index in [2.05, 4.69) is 15.5 Å². The van der Waals surface area contributed by atoms with Crippen molar-refractivity contribution in [1.29, 1.82) is 0 Å². The van der Waals surface area contributed by atoms with E-state index in [1.165, 1.54) is 4.68 Å². The third-order valence-electron chi connectivity index (χ3n) is 5.87. The van der Waals surface area contributed by atoms with Crippen molar-refractivity contribution >= 4 is 23.2 Å². The van der Waals surface area contributed by atoms with Crippen LogP contribution in [0.25, 0.3) is 0 Å². The van der Waals surface area contributed by atoms with Gasteiger partial charge in [-0.25, -0.2) is 0 Å². The molecule has 0 aliphatic heterocycles. The van der Waals surface area contributed by atoms with Crippen LogP contribution in [0.4, 0.5) is 18.9 Å². The van der Waals surface area contributed by atoms with E-state index in [9.17, 15) is 18.0 Å². The first-order valence-electron chi connectivity index (χ1n) is 10.8. The number of nitrogens with one attached hydrogen (secondary N) is 1. The molecule has 4 rings (SSSR count). The molecule has 0 radical (unpaired) electrons. The molecule has 2 heterocycles. The predicted molar refractivity (Wildman–Crippen MR) is 119 cm³/mol. The monoisotopic (exact) mass is 479 g/mol. The quantitative estimate of drug-likeness (QED) is 0.482. The minimum absolute atomic E-state index is 0.0742. The lowest BCUT2D eigenvalue weighted by atomic mass is 10.1. The lowest BCUT2D eigenvalue weighted by Crippen LogP contribution is -2.26. The number of anilines is 1. The molecule has 3 aromatic rings. The molecule has 1 aliphatic rings. The Balaban J connectivity index is 1.47. The summed E-state index contributed by atoms with van der Waals surface area (Å²) in [4.78, 5) is 12.9. The zero-order valence-corrected chi connectivity index (χ0v) is 19.3. The third kappa shape index (κ3) is 5.24. The largest absolute Gasteiger partial charge is 0.435 e. The third-order valence-corrected chi connectivity index (χ3v) is 6.12. The number of rotatable bonds is 7. The van der Waals surface area contributed by atoms with Crippen LogP contribution >= 0.6 is 11.6 Å². The van der Waals surface area contributed by atoms with E-state index in [-0.39, 0.29) is 18.4 Å². The van der Waals surface area contributed by atoms with Gasteiger partial charge in [-0.05, 0) is 50.5 Å². The summed E-state index contributed by atoms with van der Waals surface area (Å²) in [6, 6.07) is 8.55. The Labute approximate surface area is 194 Å². The number of aromatic nitrogens is 4. The van der Waals surface area contributed by atoms with Gasteiger partial charge in [0.15, 0.2) is 5.69 Å². The van der Waals surface area contributed by atoms with Crippen molar-refractivity contribution in [2.45, 2.75) is 58.8 Å². The van der Waals surface area contributed by atoms with Crippen molar-refractivity contribution in [3.8, 4) is 0 Å². The number of hydrogen-bond acceptors (Lipinski definition) is 3. The van der Waals surface area contributed by atoms with Crippen molar-refractivity contribution in [3.05, 3.63) is 63.7 Å². The number of amides is 1. The van der Waals surface area contributed by atoms with Gasteiger partial charge < -0.3 is 5.32 Å². The Kier molecular flexibility index (Phi) is 6.26. The van der Waals surface area contributed by atoms with Gasteiger partial charge in [0.2, 0.25) is 5.91 Å². The number of hydrogen-bond donors (Lipinski definition) is 1. The van der Waals surface area contributed by atoms with Crippen LogP contribution in [0.1, 0.15) is 54.0 Å². The maximum atomic E-state index is 13.1. The normalized spacial score (nSPS) is 15.0. The second-order valence-corrected chi connectivity index (χ2v) is 9.07. The molecule has 1 atom stereocenters. The van der Waals surface area contributed by atoms with Crippen LogP contribution in [-0.2, 0) is 24.1 Å². The van der Waals surface area contributed by atoms with Crippen LogP contribution in [0.3, 0.4) is 0 Å². The molecule has 6 nitrogen and oxygen atoms in total. The van der Waals surface area contributed by atoms with E-state index < -0.39 is 17.8 Å². The summed E-state index contributed by atoms with van der Waals surface area (Å²) in [6.07, 6.45) is -2.82. The van der Waals surface area contributed by atoms with Crippen molar-refractivity contribution < 1.29 is 18.0 Å². The second-order valence-electron chi connectivity index (χ2n) is 8.63. The fourth-order valence-electron chi connectivity index (χ4n) is 3.81. The Morgan fingerprint density at radius 3 is 2.45 bits per heavy atom. The Morgan fingerprint density at radius 2 is 1.85 bits per heavy atom. The molecule has 0 spiro atoms. The van der Waals surface area contributed by atoms with Gasteiger partial charge in [0.25, 0.3) is 0 Å². The second kappa shape index (κ2) is 8.85. The number of carbonyl (C=O) groups excluding carboxylic acids is 1. The van der Waals surface area contributed by atoms with E-state index in [0.717, 1.165) is 30.2 Å². The molecular formula is C23H25ClF3N5O. The van der Waals surface area contributed by atoms with Gasteiger partial charge in [-0.1, -0.05) is 30.7 Å². The smallest absolute Gasteiger partial charge is 0.323 e. The highest BCUT2D eigenvalue weighted by Gasteiger charge is 2.38. The molecule has 1 unspecified atom stereocenters. The summed E-state index contributed by atoms with van der Waals surface area (Å²) < 4.78 is 42.6. The summed E-state index contributed by atoms with van der Waals surface area (Å²) in [5.41, 5.74) is 2.72. The lowest BCUT2D eigenvalue weighted by Gasteiger charge is -2.15. The highest BCUT2D eigenvalue weighted by Crippen LogP contribution is 2.42. The summed E-state index contributed by atoms with van der Waals surface area (Å²) in [7, 11) is 0. The number of benzene rings is 1. The molecule has 1 N–H and O–H groups in total. The molecule has 1 amide bonds. The van der Waals surface area contributed by atoms with Gasteiger partial charge >= 0.3 is 6.18 Å². The molecule has 1 fully saturated rings. The summed E-state index contributed by atoms with van der Waals surface area (Å²) in [6.45, 7) is 5.95. The summed E-state index contributed by atoms with van der Waals surface area (Å²) >= 11 is 5.94. The van der Waals surface area contributed by atoms with Crippen LogP contribution < -0.4 is 5.32 Å². The van der Waals surface area contributed by atoms with E-state index in [1.54, 1.807) is 18.5 Å². The molecule has 0 bridgehead atoms. The molecule has 33 heavy (non-hydrogen) atoms. The summed E-state index contributed by atoms with van der Waals surface area (Å²) in [5, 5.41) is 11.8. The van der Waals surface area contributed by atoms with Gasteiger partial charge in [0.1, 0.15) is 0 Å². The highest BCUT2D eigenvalue weighted by atomic mass is 35.5. The molecule has 1 saturated carbocycles. The number of halogens is 4. The Bertz CT molecular complexity index is 1160. The Hall–Kier alpha value is -2.81. The first-order valence-corrected chi connectivity index (χ1v) is 11.1. The van der Waals surface area contributed by atoms with E-state index in [1.807, 2.05) is 31.2 Å². The molecular weight excluding hydrogens is 455 g/mol. The first kappa shape index (κ1) is 23.4. The van der Waals surface area contributed by atoms with Crippen LogP contribution in [-0.4, -0.2) is 25.5 Å². The maximum absolute atomic E-state index is 13.1. The Morgan fingerprint density at radius 1 is 1.18 bits per heavy atom. The summed E-state index contributed by atoms with van der Waals surface area (Å²) in [5.74, 6) is -0.792. The van der Waals surface area contributed by atoms with Crippen molar-refractivity contribution in [2.75, 3.05) is 5.32 Å². The highest BCUT2D eigenvalue weighted by molar-refractivity contribution is 6.30. The molecule has 2 aromatic heterocycles. The standard InChI is InChI=1S/C23H25ClF3N5O/c1-13(11-32-19(17-6-7-17)10-20(30-32)23(25,26)27)22(33)28-21-14(2)29-31(15(21)3)12-16-4-8-18(24)9-5-16/h4-5,8-10,13,17H,6-7,11-12H2,1-3H3,(H,28,33). The molecule has 1 aliphatic carbocycles. The van der Waals surface area contributed by atoms with Crippen LogP contribution in [0.15, 0.2) is 30.3 Å². The minimum Gasteiger partial charge on any atom is -0.323 e. The van der Waals surface area contributed by atoms with E-state index in [4.69, 9.17) is 11.6 Å². The number of carbonyl (C=O) groups is 1. The fraction of sp³-hybridized carbons (Fsp3) is 0.435. The van der Waals surface area contributed by atoms with Gasteiger partial charge in [-0.15, -0.1) is 0 Å². The fourth-order valence-corrected chi connectivity index (χ4v) is 3.93. The van der Waals surface area contributed by atoms with Gasteiger partial charge in [-0.2, -0.15) is 23.4 Å². The van der Waals surface area contributed by atoms with Crippen molar-refractivity contribution in [1.82, 2.24) is 19.6 Å². The van der Waals surface area contributed by atoms with E-state index >= 15 is 0 Å². The van der Waals surface area contributed by atoms with Gasteiger partial charge in [0.05, 0.1) is 36.1 Å². The number of aryl methyl sites for hydroxylation is 1. The zero-order chi connectivity index (χ0) is 23.9. The van der Waals surface area contributed by atoms with Gasteiger partial charge in [0, 0.05) is 16.6 Å². The van der Waals surface area contributed by atoms with Crippen LogP contribution in [0.5, 0.6) is 0 Å². The average Bonchev–Trinajstić information content (AvgIpc) is 3.45. The van der Waals surface area contributed by atoms with Crippen LogP contribution in [0, 0.1) is 19.8 Å². The minimum atomic E-state index is -4.51. The number of alkyl halides is 3. The number of nitrogens with zero attached hydrogens (tertiary/aromatic N) is 4. The predicted octanol–water partition coefficient (Wildman–Crippen LogP) is 5.57.